The first-order valence-corrected chi connectivity index (χ1v) is 8.26. The average molecular weight is 330 g/mol. The molecule has 1 aliphatic rings. The van der Waals surface area contributed by atoms with E-state index in [4.69, 9.17) is 9.47 Å². The van der Waals surface area contributed by atoms with Crippen LogP contribution in [0.5, 0.6) is 0 Å². The number of benzene rings is 3. The molecule has 0 aliphatic carbocycles. The summed E-state index contributed by atoms with van der Waals surface area (Å²) in [7, 11) is 1.39. The lowest BCUT2D eigenvalue weighted by atomic mass is 9.89. The Bertz CT molecular complexity index is 830. The Morgan fingerprint density at radius 2 is 1.32 bits per heavy atom. The van der Waals surface area contributed by atoms with Crippen molar-refractivity contribution in [3.63, 3.8) is 0 Å². The smallest absolute Gasteiger partial charge is 0.338 e. The standard InChI is InChI=1S/C22H18O3/c1-24-22(23)21-20(25-21)19-17(15-9-4-2-5-10-15)13-8-14-18(19)16-11-6-3-7-12-16/h2-14,20-21H,1H3/t20-,21+/m0/s1. The van der Waals surface area contributed by atoms with E-state index in [1.165, 1.54) is 7.11 Å². The van der Waals surface area contributed by atoms with Crippen LogP contribution in [0.25, 0.3) is 22.3 Å². The predicted molar refractivity (Wildman–Crippen MR) is 96.9 cm³/mol. The summed E-state index contributed by atoms with van der Waals surface area (Å²) in [5.41, 5.74) is 5.41. The van der Waals surface area contributed by atoms with E-state index in [1.807, 2.05) is 42.5 Å². The van der Waals surface area contributed by atoms with E-state index < -0.39 is 6.10 Å². The van der Waals surface area contributed by atoms with Crippen LogP contribution >= 0.6 is 0 Å². The second-order valence-corrected chi connectivity index (χ2v) is 6.00. The van der Waals surface area contributed by atoms with Gasteiger partial charge in [-0.1, -0.05) is 78.9 Å². The Balaban J connectivity index is 1.87. The lowest BCUT2D eigenvalue weighted by molar-refractivity contribution is -0.142. The molecule has 124 valence electrons. The van der Waals surface area contributed by atoms with Gasteiger partial charge in [0.1, 0.15) is 6.10 Å². The van der Waals surface area contributed by atoms with E-state index in [2.05, 4.69) is 36.4 Å². The van der Waals surface area contributed by atoms with Crippen molar-refractivity contribution in [3.05, 3.63) is 84.4 Å². The van der Waals surface area contributed by atoms with Gasteiger partial charge in [0.2, 0.25) is 0 Å². The number of hydrogen-bond donors (Lipinski definition) is 0. The van der Waals surface area contributed by atoms with Crippen LogP contribution in [-0.4, -0.2) is 19.2 Å². The topological polar surface area (TPSA) is 38.8 Å². The van der Waals surface area contributed by atoms with E-state index in [0.29, 0.717) is 0 Å². The minimum absolute atomic E-state index is 0.279. The van der Waals surface area contributed by atoms with Crippen molar-refractivity contribution < 1.29 is 14.3 Å². The molecule has 3 nitrogen and oxygen atoms in total. The highest BCUT2D eigenvalue weighted by molar-refractivity contribution is 5.84. The first-order chi connectivity index (χ1) is 12.3. The summed E-state index contributed by atoms with van der Waals surface area (Å²) in [5.74, 6) is -0.327. The highest BCUT2D eigenvalue weighted by Crippen LogP contribution is 2.47. The second-order valence-electron chi connectivity index (χ2n) is 6.00. The maximum absolute atomic E-state index is 11.9. The number of rotatable bonds is 4. The highest BCUT2D eigenvalue weighted by Gasteiger charge is 2.49. The van der Waals surface area contributed by atoms with E-state index in [9.17, 15) is 4.79 Å². The highest BCUT2D eigenvalue weighted by atomic mass is 16.6. The van der Waals surface area contributed by atoms with Gasteiger partial charge >= 0.3 is 5.97 Å². The summed E-state index contributed by atoms with van der Waals surface area (Å²) in [6.45, 7) is 0. The number of carbonyl (C=O) groups excluding carboxylic acids is 1. The van der Waals surface area contributed by atoms with Crippen LogP contribution in [0.2, 0.25) is 0 Å². The summed E-state index contributed by atoms with van der Waals surface area (Å²) in [6.07, 6.45) is -0.809. The minimum atomic E-state index is -0.530. The van der Waals surface area contributed by atoms with Gasteiger partial charge in [-0.2, -0.15) is 0 Å². The molecule has 0 saturated carbocycles. The number of hydrogen-bond acceptors (Lipinski definition) is 3. The molecular weight excluding hydrogens is 312 g/mol. The van der Waals surface area contributed by atoms with Gasteiger partial charge < -0.3 is 9.47 Å². The average Bonchev–Trinajstić information content (AvgIpc) is 3.49. The van der Waals surface area contributed by atoms with Crippen LogP contribution in [0.3, 0.4) is 0 Å². The van der Waals surface area contributed by atoms with Crippen molar-refractivity contribution >= 4 is 5.97 Å². The van der Waals surface area contributed by atoms with Crippen molar-refractivity contribution in [2.45, 2.75) is 12.2 Å². The molecule has 0 radical (unpaired) electrons. The summed E-state index contributed by atoms with van der Waals surface area (Å²) < 4.78 is 10.6. The SMILES string of the molecule is COC(=O)[C@@H]1O[C@H]1c1c(-c2ccccc2)cccc1-c1ccccc1. The molecular formula is C22H18O3. The monoisotopic (exact) mass is 330 g/mol. The normalized spacial score (nSPS) is 18.6. The quantitative estimate of drug-likeness (QED) is 0.517. The van der Waals surface area contributed by atoms with Gasteiger partial charge in [-0.05, 0) is 27.8 Å². The van der Waals surface area contributed by atoms with Crippen LogP contribution in [0.4, 0.5) is 0 Å². The van der Waals surface area contributed by atoms with Crippen LogP contribution in [0.1, 0.15) is 11.7 Å². The Morgan fingerprint density at radius 3 is 1.80 bits per heavy atom. The Hall–Kier alpha value is -2.91. The summed E-state index contributed by atoms with van der Waals surface area (Å²) in [4.78, 5) is 11.9. The van der Waals surface area contributed by atoms with Crippen molar-refractivity contribution in [1.29, 1.82) is 0 Å². The van der Waals surface area contributed by atoms with Crippen molar-refractivity contribution in [2.75, 3.05) is 7.11 Å². The molecule has 0 aromatic heterocycles. The van der Waals surface area contributed by atoms with Gasteiger partial charge in [-0.3, -0.25) is 0 Å². The van der Waals surface area contributed by atoms with Gasteiger partial charge in [-0.15, -0.1) is 0 Å². The first kappa shape index (κ1) is 15.6. The molecule has 25 heavy (non-hydrogen) atoms. The zero-order chi connectivity index (χ0) is 17.2. The molecule has 0 spiro atoms. The Morgan fingerprint density at radius 1 is 0.800 bits per heavy atom. The van der Waals surface area contributed by atoms with Gasteiger partial charge in [0, 0.05) is 0 Å². The number of ether oxygens (including phenoxy) is 2. The molecule has 4 rings (SSSR count). The zero-order valence-electron chi connectivity index (χ0n) is 13.9. The molecule has 3 aromatic carbocycles. The van der Waals surface area contributed by atoms with Gasteiger partial charge in [0.25, 0.3) is 0 Å². The van der Waals surface area contributed by atoms with Crippen molar-refractivity contribution in [1.82, 2.24) is 0 Å². The molecule has 3 aromatic rings. The largest absolute Gasteiger partial charge is 0.467 e. The van der Waals surface area contributed by atoms with E-state index in [0.717, 1.165) is 27.8 Å². The van der Waals surface area contributed by atoms with E-state index >= 15 is 0 Å². The van der Waals surface area contributed by atoms with Gasteiger partial charge in [-0.25, -0.2) is 4.79 Å². The van der Waals surface area contributed by atoms with E-state index in [-0.39, 0.29) is 12.1 Å². The maximum Gasteiger partial charge on any atom is 0.338 e. The summed E-state index contributed by atoms with van der Waals surface area (Å²) in [5, 5.41) is 0. The van der Waals surface area contributed by atoms with Gasteiger partial charge in [0.15, 0.2) is 6.10 Å². The number of carbonyl (C=O) groups is 1. The first-order valence-electron chi connectivity index (χ1n) is 8.26. The molecule has 1 heterocycles. The predicted octanol–water partition coefficient (Wildman–Crippen LogP) is 4.63. The summed E-state index contributed by atoms with van der Waals surface area (Å²) >= 11 is 0. The molecule has 0 N–H and O–H groups in total. The third-order valence-electron chi connectivity index (χ3n) is 4.49. The van der Waals surface area contributed by atoms with Crippen molar-refractivity contribution in [2.24, 2.45) is 0 Å². The van der Waals surface area contributed by atoms with Crippen molar-refractivity contribution in [3.8, 4) is 22.3 Å². The van der Waals surface area contributed by atoms with Crippen LogP contribution in [0, 0.1) is 0 Å². The Kier molecular flexibility index (Phi) is 4.08. The molecule has 0 bridgehead atoms. The van der Waals surface area contributed by atoms with E-state index in [1.54, 1.807) is 0 Å². The fourth-order valence-electron chi connectivity index (χ4n) is 3.24. The molecule has 2 atom stereocenters. The zero-order valence-corrected chi connectivity index (χ0v) is 13.9. The third-order valence-corrected chi connectivity index (χ3v) is 4.49. The fourth-order valence-corrected chi connectivity index (χ4v) is 3.24. The molecule has 1 saturated heterocycles. The number of methoxy groups -OCH3 is 1. The van der Waals surface area contributed by atoms with Crippen LogP contribution in [0.15, 0.2) is 78.9 Å². The van der Waals surface area contributed by atoms with Crippen LogP contribution < -0.4 is 0 Å². The minimum Gasteiger partial charge on any atom is -0.467 e. The Labute approximate surface area is 146 Å². The number of epoxide rings is 1. The third kappa shape index (κ3) is 2.94. The lowest BCUT2D eigenvalue weighted by Crippen LogP contribution is -2.09. The maximum atomic E-state index is 11.9. The molecule has 0 unspecified atom stereocenters. The summed E-state index contributed by atoms with van der Waals surface area (Å²) in [6, 6.07) is 26.5. The van der Waals surface area contributed by atoms with Crippen LogP contribution in [-0.2, 0) is 14.3 Å². The molecule has 0 amide bonds. The lowest BCUT2D eigenvalue weighted by Gasteiger charge is -2.14. The fraction of sp³-hybridized carbons (Fsp3) is 0.136. The molecule has 1 aliphatic heterocycles. The molecule has 1 fully saturated rings. The molecule has 3 heteroatoms. The van der Waals surface area contributed by atoms with Gasteiger partial charge in [0.05, 0.1) is 7.11 Å². The second kappa shape index (κ2) is 6.54. The number of esters is 1.